The molecule has 0 atom stereocenters. The van der Waals surface area contributed by atoms with Gasteiger partial charge in [0, 0.05) is 24.8 Å². The van der Waals surface area contributed by atoms with Gasteiger partial charge in [-0.05, 0) is 38.8 Å². The number of benzene rings is 1. The Morgan fingerprint density at radius 1 is 1.03 bits per heavy atom. The minimum absolute atomic E-state index is 0.216. The Morgan fingerprint density at radius 3 is 2.50 bits per heavy atom. The minimum Gasteiger partial charge on any atom is -0.368 e. The van der Waals surface area contributed by atoms with Crippen LogP contribution in [0.4, 0.5) is 5.82 Å². The summed E-state index contributed by atoms with van der Waals surface area (Å²) in [5.41, 5.74) is 6.93. The first-order valence-electron chi connectivity index (χ1n) is 11.2. The molecule has 3 aromatic rings. The van der Waals surface area contributed by atoms with E-state index in [2.05, 4.69) is 29.9 Å². The molecular formula is C23H27N7O2. The molecular weight excluding hydrogens is 406 g/mol. The lowest BCUT2D eigenvalue weighted by molar-refractivity contribution is -0.132. The van der Waals surface area contributed by atoms with E-state index in [1.165, 1.54) is 12.7 Å². The smallest absolute Gasteiger partial charge is 0.263 e. The van der Waals surface area contributed by atoms with E-state index in [0.717, 1.165) is 37.3 Å². The summed E-state index contributed by atoms with van der Waals surface area (Å²) in [7, 11) is 0. The second kappa shape index (κ2) is 8.66. The average Bonchev–Trinajstić information content (AvgIpc) is 3.35. The van der Waals surface area contributed by atoms with Gasteiger partial charge in [0.05, 0.1) is 0 Å². The van der Waals surface area contributed by atoms with Gasteiger partial charge in [0.25, 0.3) is 5.89 Å². The molecule has 1 aromatic carbocycles. The highest BCUT2D eigenvalue weighted by atomic mass is 16.5. The maximum atomic E-state index is 12.5. The average molecular weight is 434 g/mol. The molecule has 5 rings (SSSR count). The number of rotatable bonds is 5. The molecule has 0 unspecified atom stereocenters. The highest BCUT2D eigenvalue weighted by Gasteiger charge is 2.45. The van der Waals surface area contributed by atoms with Gasteiger partial charge in [-0.25, -0.2) is 9.97 Å². The van der Waals surface area contributed by atoms with Crippen LogP contribution in [0.3, 0.4) is 0 Å². The fourth-order valence-electron chi connectivity index (χ4n) is 4.89. The first-order chi connectivity index (χ1) is 15.7. The third-order valence-electron chi connectivity index (χ3n) is 6.69. The lowest BCUT2D eigenvalue weighted by Gasteiger charge is -2.48. The number of carbonyl (C=O) groups excluding carboxylic acids is 1. The summed E-state index contributed by atoms with van der Waals surface area (Å²) in [5, 5.41) is 4.13. The number of nitrogens with two attached hydrogens (primary N) is 1. The van der Waals surface area contributed by atoms with Crippen LogP contribution in [-0.4, -0.2) is 62.6 Å². The first kappa shape index (κ1) is 20.6. The van der Waals surface area contributed by atoms with E-state index in [4.69, 9.17) is 10.3 Å². The van der Waals surface area contributed by atoms with Crippen LogP contribution >= 0.6 is 0 Å². The number of hydrogen-bond acceptors (Lipinski definition) is 8. The largest absolute Gasteiger partial charge is 0.368 e. The predicted octanol–water partition coefficient (Wildman–Crippen LogP) is 2.50. The quantitative estimate of drug-likeness (QED) is 0.653. The third kappa shape index (κ3) is 3.73. The van der Waals surface area contributed by atoms with E-state index in [0.29, 0.717) is 43.2 Å². The Kier molecular flexibility index (Phi) is 5.57. The SMILES string of the molecule is NC(=O)C1(N2CCCCC2)CCN(c2ncncc2-c2nc(-c3ccccc3)no2)CC1. The van der Waals surface area contributed by atoms with Crippen LogP contribution in [0.1, 0.15) is 32.1 Å². The van der Waals surface area contributed by atoms with E-state index < -0.39 is 5.54 Å². The van der Waals surface area contributed by atoms with Crippen molar-refractivity contribution in [2.24, 2.45) is 5.73 Å². The zero-order valence-electron chi connectivity index (χ0n) is 18.0. The third-order valence-corrected chi connectivity index (χ3v) is 6.69. The molecule has 2 aromatic heterocycles. The highest BCUT2D eigenvalue weighted by molar-refractivity contribution is 5.85. The molecule has 2 fully saturated rings. The second-order valence-electron chi connectivity index (χ2n) is 8.48. The number of carbonyl (C=O) groups is 1. The number of likely N-dealkylation sites (tertiary alicyclic amines) is 1. The fourth-order valence-corrected chi connectivity index (χ4v) is 4.89. The monoisotopic (exact) mass is 433 g/mol. The minimum atomic E-state index is -0.574. The molecule has 0 bridgehead atoms. The molecule has 2 aliphatic rings. The summed E-state index contributed by atoms with van der Waals surface area (Å²) in [5.74, 6) is 1.42. The zero-order chi connectivity index (χ0) is 22.0. The van der Waals surface area contributed by atoms with E-state index in [-0.39, 0.29) is 5.91 Å². The Labute approximate surface area is 186 Å². The van der Waals surface area contributed by atoms with Gasteiger partial charge >= 0.3 is 0 Å². The number of piperidine rings is 2. The van der Waals surface area contributed by atoms with Gasteiger partial charge < -0.3 is 15.2 Å². The van der Waals surface area contributed by atoms with Crippen LogP contribution < -0.4 is 10.6 Å². The zero-order valence-corrected chi connectivity index (χ0v) is 18.0. The molecule has 4 heterocycles. The Hall–Kier alpha value is -3.33. The van der Waals surface area contributed by atoms with Crippen molar-refractivity contribution in [3.63, 3.8) is 0 Å². The Balaban J connectivity index is 1.38. The maximum Gasteiger partial charge on any atom is 0.263 e. The van der Waals surface area contributed by atoms with Crippen molar-refractivity contribution in [1.29, 1.82) is 0 Å². The van der Waals surface area contributed by atoms with Crippen molar-refractivity contribution in [2.75, 3.05) is 31.1 Å². The van der Waals surface area contributed by atoms with Crippen LogP contribution in [0, 0.1) is 0 Å². The predicted molar refractivity (Wildman–Crippen MR) is 120 cm³/mol. The van der Waals surface area contributed by atoms with Crippen LogP contribution in [0.15, 0.2) is 47.4 Å². The van der Waals surface area contributed by atoms with Gasteiger partial charge in [-0.15, -0.1) is 0 Å². The van der Waals surface area contributed by atoms with Gasteiger partial charge in [0.15, 0.2) is 0 Å². The van der Waals surface area contributed by atoms with Crippen molar-refractivity contribution < 1.29 is 9.32 Å². The van der Waals surface area contributed by atoms with Gasteiger partial charge in [-0.2, -0.15) is 4.98 Å². The summed E-state index contributed by atoms with van der Waals surface area (Å²) < 4.78 is 5.56. The maximum absolute atomic E-state index is 12.5. The molecule has 0 saturated carbocycles. The molecule has 0 spiro atoms. The van der Waals surface area contributed by atoms with Crippen molar-refractivity contribution >= 4 is 11.7 Å². The van der Waals surface area contributed by atoms with Crippen molar-refractivity contribution in [2.45, 2.75) is 37.6 Å². The highest BCUT2D eigenvalue weighted by Crippen LogP contribution is 2.35. The summed E-state index contributed by atoms with van der Waals surface area (Å²) in [6.07, 6.45) is 8.02. The van der Waals surface area contributed by atoms with Crippen LogP contribution in [0.2, 0.25) is 0 Å². The van der Waals surface area contributed by atoms with E-state index in [1.807, 2.05) is 30.3 Å². The number of hydrogen-bond donors (Lipinski definition) is 1. The van der Waals surface area contributed by atoms with Crippen LogP contribution in [0.5, 0.6) is 0 Å². The van der Waals surface area contributed by atoms with Gasteiger partial charge in [0.1, 0.15) is 23.2 Å². The molecule has 0 aliphatic carbocycles. The number of primary amides is 1. The summed E-state index contributed by atoms with van der Waals surface area (Å²) >= 11 is 0. The molecule has 0 radical (unpaired) electrons. The Bertz CT molecular complexity index is 1070. The van der Waals surface area contributed by atoms with E-state index >= 15 is 0 Å². The lowest BCUT2D eigenvalue weighted by Crippen LogP contribution is -2.63. The molecule has 166 valence electrons. The number of amides is 1. The second-order valence-corrected chi connectivity index (χ2v) is 8.48. The number of aromatic nitrogens is 4. The van der Waals surface area contributed by atoms with Gasteiger partial charge in [0.2, 0.25) is 11.7 Å². The van der Waals surface area contributed by atoms with Crippen molar-refractivity contribution in [3.05, 3.63) is 42.9 Å². The standard InChI is InChI=1S/C23H27N7O2/c24-22(31)23(30-11-5-2-6-12-30)9-13-29(14-10-23)20-18(15-25-16-26-20)21-27-19(28-32-21)17-7-3-1-4-8-17/h1,3-4,7-8,15-16H,2,5-6,9-14H2,(H2,24,31). The van der Waals surface area contributed by atoms with E-state index in [1.54, 1.807) is 6.20 Å². The summed E-state index contributed by atoms with van der Waals surface area (Å²) in [4.78, 5) is 30.3. The lowest BCUT2D eigenvalue weighted by atomic mass is 9.83. The molecule has 9 heteroatoms. The van der Waals surface area contributed by atoms with Crippen molar-refractivity contribution in [3.8, 4) is 22.8 Å². The molecule has 2 saturated heterocycles. The van der Waals surface area contributed by atoms with E-state index in [9.17, 15) is 4.79 Å². The normalized spacial score (nSPS) is 19.1. The Morgan fingerprint density at radius 2 is 1.78 bits per heavy atom. The molecule has 1 amide bonds. The van der Waals surface area contributed by atoms with Crippen molar-refractivity contribution in [1.82, 2.24) is 25.0 Å². The molecule has 9 nitrogen and oxygen atoms in total. The molecule has 32 heavy (non-hydrogen) atoms. The topological polar surface area (TPSA) is 114 Å². The first-order valence-corrected chi connectivity index (χ1v) is 11.2. The van der Waals surface area contributed by atoms with Crippen LogP contribution in [-0.2, 0) is 4.79 Å². The van der Waals surface area contributed by atoms with Gasteiger partial charge in [-0.3, -0.25) is 9.69 Å². The fraction of sp³-hybridized carbons (Fsp3) is 0.435. The van der Waals surface area contributed by atoms with Crippen LogP contribution in [0.25, 0.3) is 22.8 Å². The molecule has 2 aliphatic heterocycles. The number of nitrogens with zero attached hydrogens (tertiary/aromatic N) is 6. The number of anilines is 1. The summed E-state index contributed by atoms with van der Waals surface area (Å²) in [6, 6.07) is 9.68. The van der Waals surface area contributed by atoms with Gasteiger partial charge in [-0.1, -0.05) is 41.9 Å². The molecule has 2 N–H and O–H groups in total. The summed E-state index contributed by atoms with van der Waals surface area (Å²) in [6.45, 7) is 3.21.